The molecule has 0 unspecified atom stereocenters. The summed E-state index contributed by atoms with van der Waals surface area (Å²) in [7, 11) is 2.74. The largest absolute Gasteiger partial charge is 0.497 e. The summed E-state index contributed by atoms with van der Waals surface area (Å²) in [5.74, 6) is -2.16. The molecule has 134 valence electrons. The zero-order valence-corrected chi connectivity index (χ0v) is 14.7. The minimum Gasteiger partial charge on any atom is -0.497 e. The molecule has 0 bridgehead atoms. The molecule has 0 aliphatic carbocycles. The number of halogens is 2. The molecule has 1 aromatic heterocycles. The van der Waals surface area contributed by atoms with Gasteiger partial charge in [0.25, 0.3) is 5.91 Å². The second kappa shape index (κ2) is 7.49. The van der Waals surface area contributed by atoms with Crippen LogP contribution in [0.4, 0.5) is 14.5 Å². The van der Waals surface area contributed by atoms with E-state index in [1.807, 2.05) is 12.1 Å². The third-order valence-corrected chi connectivity index (χ3v) is 4.43. The summed E-state index contributed by atoms with van der Waals surface area (Å²) in [5.41, 5.74) is 0.957. The molecule has 0 atom stereocenters. The Labute approximate surface area is 152 Å². The van der Waals surface area contributed by atoms with Gasteiger partial charge in [-0.3, -0.25) is 4.79 Å². The van der Waals surface area contributed by atoms with E-state index >= 15 is 0 Å². The molecule has 1 heterocycles. The molecule has 1 N–H and O–H groups in total. The van der Waals surface area contributed by atoms with E-state index in [4.69, 9.17) is 4.74 Å². The summed E-state index contributed by atoms with van der Waals surface area (Å²) >= 11 is 1.29. The molecular formula is C18H14F2N2O3S. The van der Waals surface area contributed by atoms with E-state index in [1.165, 1.54) is 11.3 Å². The first-order valence-electron chi connectivity index (χ1n) is 7.46. The average molecular weight is 376 g/mol. The summed E-state index contributed by atoms with van der Waals surface area (Å²) < 4.78 is 37.1. The van der Waals surface area contributed by atoms with Gasteiger partial charge in [0.2, 0.25) is 0 Å². The fourth-order valence-corrected chi connectivity index (χ4v) is 3.07. The van der Waals surface area contributed by atoms with Crippen molar-refractivity contribution in [3.05, 3.63) is 59.1 Å². The van der Waals surface area contributed by atoms with Crippen molar-refractivity contribution in [1.82, 2.24) is 4.98 Å². The highest BCUT2D eigenvalue weighted by Gasteiger charge is 2.16. The normalized spacial score (nSPS) is 10.5. The standard InChI is InChI=1S/C18H14F2N2O3S/c1-24-12-5-3-10(4-6-12)18-22-15(9-26-18)17(23)21-11-7-13(19)16(25-2)14(20)8-11/h3-9H,1-2H3,(H,21,23). The smallest absolute Gasteiger partial charge is 0.275 e. The molecule has 26 heavy (non-hydrogen) atoms. The molecule has 0 aliphatic heterocycles. The molecule has 1 amide bonds. The fourth-order valence-electron chi connectivity index (χ4n) is 2.27. The van der Waals surface area contributed by atoms with Crippen LogP contribution >= 0.6 is 11.3 Å². The van der Waals surface area contributed by atoms with Gasteiger partial charge in [-0.1, -0.05) is 0 Å². The first-order chi connectivity index (χ1) is 12.5. The number of benzene rings is 2. The number of thiazole rings is 1. The number of carbonyl (C=O) groups is 1. The highest BCUT2D eigenvalue weighted by molar-refractivity contribution is 7.13. The van der Waals surface area contributed by atoms with Crippen molar-refractivity contribution >= 4 is 22.9 Å². The third kappa shape index (κ3) is 3.65. The number of rotatable bonds is 5. The van der Waals surface area contributed by atoms with E-state index in [0.717, 1.165) is 24.8 Å². The minimum atomic E-state index is -0.903. The molecule has 8 heteroatoms. The molecule has 0 fully saturated rings. The monoisotopic (exact) mass is 376 g/mol. The van der Waals surface area contributed by atoms with Gasteiger partial charge in [0.1, 0.15) is 16.5 Å². The SMILES string of the molecule is COc1ccc(-c2nc(C(=O)Nc3cc(F)c(OC)c(F)c3)cs2)cc1. The van der Waals surface area contributed by atoms with Gasteiger partial charge in [0.05, 0.1) is 14.2 Å². The number of methoxy groups -OCH3 is 2. The summed E-state index contributed by atoms with van der Waals surface area (Å²) in [6, 6.07) is 9.20. The van der Waals surface area contributed by atoms with Crippen LogP contribution in [0.1, 0.15) is 10.5 Å². The number of anilines is 1. The summed E-state index contributed by atoms with van der Waals surface area (Å²) in [4.78, 5) is 16.5. The second-order valence-corrected chi connectivity index (χ2v) is 6.05. The van der Waals surface area contributed by atoms with E-state index in [9.17, 15) is 13.6 Å². The van der Waals surface area contributed by atoms with Crippen LogP contribution in [-0.2, 0) is 0 Å². The fraction of sp³-hybridized carbons (Fsp3) is 0.111. The highest BCUT2D eigenvalue weighted by atomic mass is 32.1. The van der Waals surface area contributed by atoms with Gasteiger partial charge in [-0.05, 0) is 24.3 Å². The highest BCUT2D eigenvalue weighted by Crippen LogP contribution is 2.27. The van der Waals surface area contributed by atoms with Crippen LogP contribution in [0.5, 0.6) is 11.5 Å². The van der Waals surface area contributed by atoms with E-state index in [2.05, 4.69) is 15.0 Å². The minimum absolute atomic E-state index is 0.0233. The molecule has 5 nitrogen and oxygen atoms in total. The number of hydrogen-bond donors (Lipinski definition) is 1. The number of nitrogens with zero attached hydrogens (tertiary/aromatic N) is 1. The van der Waals surface area contributed by atoms with Crippen LogP contribution in [0.25, 0.3) is 10.6 Å². The van der Waals surface area contributed by atoms with E-state index in [0.29, 0.717) is 10.8 Å². The van der Waals surface area contributed by atoms with E-state index in [1.54, 1.807) is 24.6 Å². The molecule has 3 aromatic rings. The zero-order valence-electron chi connectivity index (χ0n) is 13.9. The first-order valence-corrected chi connectivity index (χ1v) is 8.34. The van der Waals surface area contributed by atoms with Crippen LogP contribution in [0.3, 0.4) is 0 Å². The Balaban J connectivity index is 1.78. The Morgan fingerprint density at radius 1 is 1.08 bits per heavy atom. The summed E-state index contributed by atoms with van der Waals surface area (Å²) in [6.45, 7) is 0. The topological polar surface area (TPSA) is 60.5 Å². The number of nitrogens with one attached hydrogen (secondary N) is 1. The Morgan fingerprint density at radius 3 is 2.31 bits per heavy atom. The summed E-state index contributed by atoms with van der Waals surface area (Å²) in [5, 5.41) is 4.64. The lowest BCUT2D eigenvalue weighted by Gasteiger charge is -2.07. The molecule has 0 spiro atoms. The van der Waals surface area contributed by atoms with Crippen LogP contribution in [0.15, 0.2) is 41.8 Å². The van der Waals surface area contributed by atoms with Gasteiger partial charge in [-0.2, -0.15) is 0 Å². The lowest BCUT2D eigenvalue weighted by atomic mass is 10.2. The maximum atomic E-state index is 13.7. The van der Waals surface area contributed by atoms with Crippen LogP contribution in [0.2, 0.25) is 0 Å². The van der Waals surface area contributed by atoms with Gasteiger partial charge < -0.3 is 14.8 Å². The predicted molar refractivity (Wildman–Crippen MR) is 95.0 cm³/mol. The van der Waals surface area contributed by atoms with Gasteiger partial charge in [-0.25, -0.2) is 13.8 Å². The van der Waals surface area contributed by atoms with Crippen molar-refractivity contribution in [2.45, 2.75) is 0 Å². The number of ether oxygens (including phenoxy) is 2. The zero-order chi connectivity index (χ0) is 18.7. The quantitative estimate of drug-likeness (QED) is 0.719. The molecule has 0 radical (unpaired) electrons. The van der Waals surface area contributed by atoms with Gasteiger partial charge in [-0.15, -0.1) is 11.3 Å². The molecule has 3 rings (SSSR count). The third-order valence-electron chi connectivity index (χ3n) is 3.53. The van der Waals surface area contributed by atoms with Gasteiger partial charge >= 0.3 is 0 Å². The van der Waals surface area contributed by atoms with E-state index < -0.39 is 23.3 Å². The Kier molecular flexibility index (Phi) is 5.13. The lowest BCUT2D eigenvalue weighted by Crippen LogP contribution is -2.13. The Hall–Kier alpha value is -3.00. The number of aromatic nitrogens is 1. The maximum absolute atomic E-state index is 13.7. The second-order valence-electron chi connectivity index (χ2n) is 5.19. The first kappa shape index (κ1) is 17.8. The Morgan fingerprint density at radius 2 is 1.73 bits per heavy atom. The maximum Gasteiger partial charge on any atom is 0.275 e. The van der Waals surface area contributed by atoms with Crippen LogP contribution < -0.4 is 14.8 Å². The van der Waals surface area contributed by atoms with Crippen molar-refractivity contribution in [1.29, 1.82) is 0 Å². The van der Waals surface area contributed by atoms with Crippen LogP contribution in [0, 0.1) is 11.6 Å². The van der Waals surface area contributed by atoms with Crippen molar-refractivity contribution in [3.8, 4) is 22.1 Å². The molecule has 0 aliphatic rings. The van der Waals surface area contributed by atoms with Crippen molar-refractivity contribution in [2.24, 2.45) is 0 Å². The van der Waals surface area contributed by atoms with Gasteiger partial charge in [0.15, 0.2) is 17.4 Å². The van der Waals surface area contributed by atoms with Crippen molar-refractivity contribution < 1.29 is 23.0 Å². The molecule has 0 saturated heterocycles. The van der Waals surface area contributed by atoms with E-state index in [-0.39, 0.29) is 11.4 Å². The number of carbonyl (C=O) groups excluding carboxylic acids is 1. The van der Waals surface area contributed by atoms with Gasteiger partial charge in [0, 0.05) is 28.8 Å². The Bertz CT molecular complexity index is 919. The lowest BCUT2D eigenvalue weighted by molar-refractivity contribution is 0.102. The van der Waals surface area contributed by atoms with Crippen molar-refractivity contribution in [2.75, 3.05) is 19.5 Å². The molecule has 2 aromatic carbocycles. The summed E-state index contributed by atoms with van der Waals surface area (Å²) in [6.07, 6.45) is 0. The predicted octanol–water partition coefficient (Wildman–Crippen LogP) is 4.36. The average Bonchev–Trinajstić information content (AvgIpc) is 3.12. The molecular weight excluding hydrogens is 362 g/mol. The molecule has 0 saturated carbocycles. The van der Waals surface area contributed by atoms with Crippen molar-refractivity contribution in [3.63, 3.8) is 0 Å². The van der Waals surface area contributed by atoms with Crippen LogP contribution in [-0.4, -0.2) is 25.1 Å². The number of hydrogen-bond acceptors (Lipinski definition) is 5. The number of amides is 1.